The van der Waals surface area contributed by atoms with Gasteiger partial charge in [-0.25, -0.2) is 0 Å². The molecule has 0 saturated carbocycles. The van der Waals surface area contributed by atoms with Crippen molar-refractivity contribution >= 4 is 28.8 Å². The Morgan fingerprint density at radius 2 is 2.44 bits per heavy atom. The molecule has 1 aliphatic rings. The molecule has 1 aromatic rings. The molecular formula is C13H19ClN2OS. The molecule has 1 fully saturated rings. The summed E-state index contributed by atoms with van der Waals surface area (Å²) in [5, 5.41) is 6.35. The lowest BCUT2D eigenvalue weighted by molar-refractivity contribution is -0.130. The van der Waals surface area contributed by atoms with Crippen molar-refractivity contribution in [3.05, 3.63) is 21.3 Å². The Kier molecular flexibility index (Phi) is 4.65. The predicted molar refractivity (Wildman–Crippen MR) is 76.0 cm³/mol. The highest BCUT2D eigenvalue weighted by Gasteiger charge is 2.39. The van der Waals surface area contributed by atoms with Gasteiger partial charge in [-0.3, -0.25) is 4.79 Å². The van der Waals surface area contributed by atoms with E-state index in [2.05, 4.69) is 17.6 Å². The lowest BCUT2D eigenvalue weighted by Gasteiger charge is -2.26. The number of carbonyl (C=O) groups is 1. The molecule has 0 aliphatic carbocycles. The minimum Gasteiger partial charge on any atom is -0.351 e. The van der Waals surface area contributed by atoms with E-state index in [1.807, 2.05) is 12.1 Å². The van der Waals surface area contributed by atoms with Crippen LogP contribution >= 0.6 is 22.9 Å². The smallest absolute Gasteiger partial charge is 0.227 e. The van der Waals surface area contributed by atoms with E-state index >= 15 is 0 Å². The van der Waals surface area contributed by atoms with Gasteiger partial charge in [0.25, 0.3) is 0 Å². The Bertz CT molecular complexity index is 413. The van der Waals surface area contributed by atoms with Crippen LogP contribution in [0.4, 0.5) is 0 Å². The zero-order valence-corrected chi connectivity index (χ0v) is 12.2. The maximum Gasteiger partial charge on any atom is 0.227 e. The Hall–Kier alpha value is -0.580. The van der Waals surface area contributed by atoms with E-state index in [4.69, 9.17) is 11.6 Å². The molecule has 0 spiro atoms. The van der Waals surface area contributed by atoms with Crippen LogP contribution in [0.5, 0.6) is 0 Å². The molecule has 1 aliphatic heterocycles. The lowest BCUT2D eigenvalue weighted by atomic mass is 9.81. The molecule has 2 rings (SSSR count). The highest BCUT2D eigenvalue weighted by molar-refractivity contribution is 7.16. The fourth-order valence-corrected chi connectivity index (χ4v) is 3.57. The van der Waals surface area contributed by atoms with Crippen LogP contribution in [0.15, 0.2) is 12.1 Å². The van der Waals surface area contributed by atoms with Crippen molar-refractivity contribution in [1.29, 1.82) is 0 Å². The third-order valence-corrected chi connectivity index (χ3v) is 4.74. The van der Waals surface area contributed by atoms with Gasteiger partial charge >= 0.3 is 0 Å². The predicted octanol–water partition coefficient (Wildman–Crippen LogP) is 2.80. The van der Waals surface area contributed by atoms with Crippen molar-refractivity contribution in [3.63, 3.8) is 0 Å². The van der Waals surface area contributed by atoms with Crippen molar-refractivity contribution in [2.45, 2.75) is 32.7 Å². The van der Waals surface area contributed by atoms with Crippen LogP contribution in [0.1, 0.15) is 31.1 Å². The average Bonchev–Trinajstić information content (AvgIpc) is 2.97. The standard InChI is InChI=1S/C13H19ClN2OS/c1-2-5-13(6-7-15-9-13)12(17)16-8-10-3-4-11(14)18-10/h3-4,15H,2,5-9H2,1H3,(H,16,17). The van der Waals surface area contributed by atoms with Crippen molar-refractivity contribution in [2.24, 2.45) is 5.41 Å². The molecule has 1 saturated heterocycles. The minimum atomic E-state index is -0.199. The largest absolute Gasteiger partial charge is 0.351 e. The maximum atomic E-state index is 12.4. The van der Waals surface area contributed by atoms with Crippen LogP contribution in [-0.4, -0.2) is 19.0 Å². The summed E-state index contributed by atoms with van der Waals surface area (Å²) in [4.78, 5) is 13.5. The van der Waals surface area contributed by atoms with Gasteiger partial charge in [0.2, 0.25) is 5.91 Å². The lowest BCUT2D eigenvalue weighted by Crippen LogP contribution is -2.42. The summed E-state index contributed by atoms with van der Waals surface area (Å²) in [6.07, 6.45) is 2.94. The number of amides is 1. The molecule has 0 aromatic carbocycles. The molecule has 18 heavy (non-hydrogen) atoms. The molecule has 1 aromatic heterocycles. The highest BCUT2D eigenvalue weighted by atomic mass is 35.5. The topological polar surface area (TPSA) is 41.1 Å². The summed E-state index contributed by atoms with van der Waals surface area (Å²) in [6.45, 7) is 4.46. The van der Waals surface area contributed by atoms with Gasteiger partial charge in [0.1, 0.15) is 0 Å². The number of hydrogen-bond donors (Lipinski definition) is 2. The Balaban J connectivity index is 1.93. The van der Waals surface area contributed by atoms with Crippen molar-refractivity contribution < 1.29 is 4.79 Å². The summed E-state index contributed by atoms with van der Waals surface area (Å²) < 4.78 is 0.769. The van der Waals surface area contributed by atoms with Gasteiger partial charge in [-0.1, -0.05) is 24.9 Å². The Labute approximate surface area is 117 Å². The molecule has 1 unspecified atom stereocenters. The van der Waals surface area contributed by atoms with E-state index in [0.717, 1.165) is 41.6 Å². The Morgan fingerprint density at radius 1 is 1.61 bits per heavy atom. The second kappa shape index (κ2) is 6.04. The number of halogens is 1. The summed E-state index contributed by atoms with van der Waals surface area (Å²) in [6, 6.07) is 3.83. The molecule has 3 nitrogen and oxygen atoms in total. The molecule has 2 heterocycles. The molecular weight excluding hydrogens is 268 g/mol. The minimum absolute atomic E-state index is 0.180. The normalized spacial score (nSPS) is 23.2. The third kappa shape index (κ3) is 3.05. The number of rotatable bonds is 5. The number of thiophene rings is 1. The zero-order valence-electron chi connectivity index (χ0n) is 10.6. The zero-order chi connectivity index (χ0) is 13.0. The molecule has 0 bridgehead atoms. The SMILES string of the molecule is CCCC1(C(=O)NCc2ccc(Cl)s2)CCNC1. The fourth-order valence-electron chi connectivity index (χ4n) is 2.54. The molecule has 1 amide bonds. The van der Waals surface area contributed by atoms with Crippen molar-refractivity contribution in [2.75, 3.05) is 13.1 Å². The first kappa shape index (κ1) is 13.8. The van der Waals surface area contributed by atoms with Crippen molar-refractivity contribution in [1.82, 2.24) is 10.6 Å². The van der Waals surface area contributed by atoms with Crippen LogP contribution < -0.4 is 10.6 Å². The van der Waals surface area contributed by atoms with Gasteiger partial charge in [-0.2, -0.15) is 0 Å². The monoisotopic (exact) mass is 286 g/mol. The van der Waals surface area contributed by atoms with Gasteiger partial charge in [-0.05, 0) is 31.5 Å². The molecule has 2 N–H and O–H groups in total. The van der Waals surface area contributed by atoms with Crippen LogP contribution in [0.25, 0.3) is 0 Å². The summed E-state index contributed by atoms with van der Waals surface area (Å²) >= 11 is 7.40. The van der Waals surface area contributed by atoms with Crippen LogP contribution in [-0.2, 0) is 11.3 Å². The molecule has 100 valence electrons. The number of nitrogens with one attached hydrogen (secondary N) is 2. The average molecular weight is 287 g/mol. The van der Waals surface area contributed by atoms with Crippen LogP contribution in [0.2, 0.25) is 4.34 Å². The molecule has 1 atom stereocenters. The summed E-state index contributed by atoms with van der Waals surface area (Å²) in [5.74, 6) is 0.180. The van der Waals surface area contributed by atoms with E-state index in [0.29, 0.717) is 6.54 Å². The van der Waals surface area contributed by atoms with E-state index in [1.165, 1.54) is 11.3 Å². The Morgan fingerprint density at radius 3 is 3.00 bits per heavy atom. The second-order valence-corrected chi connectivity index (χ2v) is 6.65. The van der Waals surface area contributed by atoms with E-state index in [9.17, 15) is 4.79 Å². The van der Waals surface area contributed by atoms with Crippen LogP contribution in [0.3, 0.4) is 0 Å². The highest BCUT2D eigenvalue weighted by Crippen LogP contribution is 2.31. The number of carbonyl (C=O) groups excluding carboxylic acids is 1. The van der Waals surface area contributed by atoms with Gasteiger partial charge in [0, 0.05) is 11.4 Å². The first-order valence-corrected chi connectivity index (χ1v) is 7.59. The molecule has 0 radical (unpaired) electrons. The second-order valence-electron chi connectivity index (χ2n) is 4.85. The van der Waals surface area contributed by atoms with Gasteiger partial charge < -0.3 is 10.6 Å². The van der Waals surface area contributed by atoms with E-state index in [1.54, 1.807) is 0 Å². The fraction of sp³-hybridized carbons (Fsp3) is 0.615. The number of hydrogen-bond acceptors (Lipinski definition) is 3. The van der Waals surface area contributed by atoms with Gasteiger partial charge in [0.15, 0.2) is 0 Å². The van der Waals surface area contributed by atoms with Gasteiger partial charge in [0.05, 0.1) is 16.3 Å². The first-order valence-electron chi connectivity index (χ1n) is 6.39. The molecule has 5 heteroatoms. The maximum absolute atomic E-state index is 12.4. The van der Waals surface area contributed by atoms with E-state index < -0.39 is 0 Å². The summed E-state index contributed by atoms with van der Waals surface area (Å²) in [7, 11) is 0. The first-order chi connectivity index (χ1) is 8.66. The summed E-state index contributed by atoms with van der Waals surface area (Å²) in [5.41, 5.74) is -0.199. The van der Waals surface area contributed by atoms with Crippen molar-refractivity contribution in [3.8, 4) is 0 Å². The quantitative estimate of drug-likeness (QED) is 0.874. The van der Waals surface area contributed by atoms with Crippen LogP contribution in [0, 0.1) is 5.41 Å². The van der Waals surface area contributed by atoms with E-state index in [-0.39, 0.29) is 11.3 Å². The van der Waals surface area contributed by atoms with Gasteiger partial charge in [-0.15, -0.1) is 11.3 Å². The third-order valence-electron chi connectivity index (χ3n) is 3.51.